The first-order chi connectivity index (χ1) is 15.4. The molecule has 1 amide bonds. The van der Waals surface area contributed by atoms with Gasteiger partial charge in [-0.15, -0.1) is 0 Å². The molecule has 0 aromatic heterocycles. The second-order valence-electron chi connectivity index (χ2n) is 9.13. The smallest absolute Gasteiger partial charge is 0.335 e. The van der Waals surface area contributed by atoms with Gasteiger partial charge < -0.3 is 19.9 Å². The van der Waals surface area contributed by atoms with Gasteiger partial charge in [0, 0.05) is 18.9 Å². The molecule has 0 unspecified atom stereocenters. The molecule has 0 bridgehead atoms. The van der Waals surface area contributed by atoms with Crippen molar-refractivity contribution < 1.29 is 41.6 Å². The third kappa shape index (κ3) is 12.4. The lowest BCUT2D eigenvalue weighted by Gasteiger charge is -2.28. The minimum atomic E-state index is -3.87. The van der Waals surface area contributed by atoms with Crippen molar-refractivity contribution in [3.63, 3.8) is 0 Å². The van der Waals surface area contributed by atoms with E-state index >= 15 is 0 Å². The zero-order valence-electron chi connectivity index (χ0n) is 20.0. The van der Waals surface area contributed by atoms with E-state index in [0.29, 0.717) is 12.8 Å². The van der Waals surface area contributed by atoms with Gasteiger partial charge in [-0.25, -0.2) is 4.79 Å². The fourth-order valence-electron chi connectivity index (χ4n) is 3.30. The first kappa shape index (κ1) is 29.3. The summed E-state index contributed by atoms with van der Waals surface area (Å²) in [7, 11) is -3.87. The summed E-state index contributed by atoms with van der Waals surface area (Å²) >= 11 is 0. The van der Waals surface area contributed by atoms with Crippen LogP contribution >= 0.6 is 0 Å². The average Bonchev–Trinajstić information content (AvgIpc) is 2.77. The summed E-state index contributed by atoms with van der Waals surface area (Å²) in [5.74, 6) is -1.58. The maximum atomic E-state index is 12.1. The van der Waals surface area contributed by atoms with E-state index in [0.717, 1.165) is 25.7 Å². The number of amides is 1. The second-order valence-corrected chi connectivity index (χ2v) is 10.9. The molecule has 2 N–H and O–H groups in total. The van der Waals surface area contributed by atoms with Gasteiger partial charge in [0.1, 0.15) is 0 Å². The van der Waals surface area contributed by atoms with E-state index < -0.39 is 34.2 Å². The van der Waals surface area contributed by atoms with Crippen molar-refractivity contribution >= 4 is 28.0 Å². The number of unbranched alkanes of at least 4 members (excludes halogenated alkanes) is 1. The first-order valence-electron chi connectivity index (χ1n) is 11.6. The van der Waals surface area contributed by atoms with Gasteiger partial charge >= 0.3 is 11.9 Å². The van der Waals surface area contributed by atoms with Crippen molar-refractivity contribution in [2.45, 2.75) is 78.2 Å². The number of ether oxygens (including phenoxy) is 2. The molecule has 33 heavy (non-hydrogen) atoms. The Kier molecular flexibility index (Phi) is 12.9. The molecular formula is C22H39NO9S. The number of aliphatic hydroxyl groups excluding tert-OH is 1. The molecule has 0 spiro atoms. The van der Waals surface area contributed by atoms with Crippen LogP contribution in [0.5, 0.6) is 0 Å². The normalized spacial score (nSPS) is 16.1. The molecule has 1 fully saturated rings. The summed E-state index contributed by atoms with van der Waals surface area (Å²) in [4.78, 5) is 34.9. The lowest BCUT2D eigenvalue weighted by atomic mass is 9.88. The summed E-state index contributed by atoms with van der Waals surface area (Å²) in [5.41, 5.74) is -1.20. The van der Waals surface area contributed by atoms with Crippen LogP contribution in [0.2, 0.25) is 0 Å². The predicted octanol–water partition coefficient (Wildman–Crippen LogP) is 1.69. The molecule has 0 aromatic carbocycles. The van der Waals surface area contributed by atoms with Gasteiger partial charge in [0.2, 0.25) is 5.91 Å². The third-order valence-corrected chi connectivity index (χ3v) is 6.75. The number of carbonyl (C=O) groups is 3. The van der Waals surface area contributed by atoms with E-state index in [2.05, 4.69) is 5.32 Å². The Balaban J connectivity index is 2.24. The van der Waals surface area contributed by atoms with Gasteiger partial charge in [-0.05, 0) is 32.1 Å². The van der Waals surface area contributed by atoms with Crippen LogP contribution in [0.15, 0.2) is 0 Å². The zero-order chi connectivity index (χ0) is 24.9. The van der Waals surface area contributed by atoms with E-state index in [1.54, 1.807) is 0 Å². The summed E-state index contributed by atoms with van der Waals surface area (Å²) < 4.78 is 39.2. The van der Waals surface area contributed by atoms with E-state index in [9.17, 15) is 27.9 Å². The Labute approximate surface area is 196 Å². The summed E-state index contributed by atoms with van der Waals surface area (Å²) in [6, 6.07) is 0. The summed E-state index contributed by atoms with van der Waals surface area (Å²) in [5, 5.41) is 12.8. The summed E-state index contributed by atoms with van der Waals surface area (Å²) in [6.45, 7) is 4.44. The van der Waals surface area contributed by atoms with Crippen molar-refractivity contribution in [2.75, 3.05) is 32.1 Å². The van der Waals surface area contributed by atoms with Crippen molar-refractivity contribution in [2.24, 2.45) is 11.3 Å². The molecule has 1 aliphatic rings. The Hall–Kier alpha value is -1.72. The van der Waals surface area contributed by atoms with Gasteiger partial charge in [-0.3, -0.25) is 13.8 Å². The van der Waals surface area contributed by atoms with Gasteiger partial charge in [-0.1, -0.05) is 33.1 Å². The van der Waals surface area contributed by atoms with Crippen LogP contribution in [0.3, 0.4) is 0 Å². The minimum Gasteiger partial charge on any atom is -0.465 e. The Morgan fingerprint density at radius 2 is 1.64 bits per heavy atom. The van der Waals surface area contributed by atoms with E-state index in [1.165, 1.54) is 27.2 Å². The highest BCUT2D eigenvalue weighted by atomic mass is 32.2. The monoisotopic (exact) mass is 493 g/mol. The molecule has 0 aliphatic heterocycles. The highest BCUT2D eigenvalue weighted by molar-refractivity contribution is 7.86. The molecule has 11 heteroatoms. The first-order valence-corrected chi connectivity index (χ1v) is 13.2. The zero-order valence-corrected chi connectivity index (χ0v) is 20.8. The second kappa shape index (κ2) is 14.5. The van der Waals surface area contributed by atoms with Crippen molar-refractivity contribution in [3.05, 3.63) is 0 Å². The number of aliphatic hydroxyl groups is 1. The van der Waals surface area contributed by atoms with Crippen LogP contribution in [-0.2, 0) is 38.2 Å². The van der Waals surface area contributed by atoms with Crippen molar-refractivity contribution in [3.8, 4) is 0 Å². The largest absolute Gasteiger partial charge is 0.465 e. The van der Waals surface area contributed by atoms with Gasteiger partial charge in [0.25, 0.3) is 10.1 Å². The van der Waals surface area contributed by atoms with Crippen molar-refractivity contribution in [1.29, 1.82) is 0 Å². The van der Waals surface area contributed by atoms with Crippen LogP contribution in [0, 0.1) is 11.3 Å². The van der Waals surface area contributed by atoms with E-state index in [-0.39, 0.29) is 49.7 Å². The SMILES string of the molecule is CC(=O)NCCCS(=O)(=O)OCC(C)(C)[C@@H](O)C(=O)OCCCCOC(=O)C1CCCCC1. The number of hydrogen-bond donors (Lipinski definition) is 2. The molecule has 0 radical (unpaired) electrons. The summed E-state index contributed by atoms with van der Waals surface area (Å²) in [6.07, 6.45) is 4.66. The number of carbonyl (C=O) groups excluding carboxylic acids is 3. The van der Waals surface area contributed by atoms with Gasteiger partial charge in [-0.2, -0.15) is 8.42 Å². The fourth-order valence-corrected chi connectivity index (χ4v) is 4.40. The highest BCUT2D eigenvalue weighted by Crippen LogP contribution is 2.25. The standard InChI is InChI=1S/C22H39NO9S/c1-17(24)23-12-9-15-33(28,29)32-16-22(2,3)19(25)21(27)31-14-8-7-13-30-20(26)18-10-5-4-6-11-18/h18-19,25H,4-16H2,1-3H3,(H,23,24)/t19-/m0/s1. The number of rotatable bonds is 15. The molecule has 0 aromatic rings. The van der Waals surface area contributed by atoms with Gasteiger partial charge in [0.05, 0.1) is 31.5 Å². The lowest BCUT2D eigenvalue weighted by molar-refractivity contribution is -0.162. The van der Waals surface area contributed by atoms with Crippen LogP contribution in [0.4, 0.5) is 0 Å². The Morgan fingerprint density at radius 1 is 1.03 bits per heavy atom. The minimum absolute atomic E-state index is 0.00259. The van der Waals surface area contributed by atoms with Gasteiger partial charge in [0.15, 0.2) is 6.10 Å². The molecule has 1 atom stereocenters. The maximum absolute atomic E-state index is 12.1. The Morgan fingerprint density at radius 3 is 2.24 bits per heavy atom. The maximum Gasteiger partial charge on any atom is 0.335 e. The quantitative estimate of drug-likeness (QED) is 0.198. The molecular weight excluding hydrogens is 454 g/mol. The molecule has 1 saturated carbocycles. The number of esters is 2. The van der Waals surface area contributed by atoms with Crippen LogP contribution in [0.25, 0.3) is 0 Å². The van der Waals surface area contributed by atoms with Crippen LogP contribution in [0.1, 0.15) is 72.1 Å². The van der Waals surface area contributed by atoms with Crippen LogP contribution < -0.4 is 5.32 Å². The van der Waals surface area contributed by atoms with Crippen LogP contribution in [-0.4, -0.2) is 69.6 Å². The molecule has 192 valence electrons. The average molecular weight is 494 g/mol. The number of hydrogen-bond acceptors (Lipinski definition) is 9. The topological polar surface area (TPSA) is 145 Å². The fraction of sp³-hybridized carbons (Fsp3) is 0.864. The predicted molar refractivity (Wildman–Crippen MR) is 121 cm³/mol. The molecule has 0 heterocycles. The van der Waals surface area contributed by atoms with Crippen molar-refractivity contribution in [1.82, 2.24) is 5.32 Å². The molecule has 0 saturated heterocycles. The Bertz CT molecular complexity index is 730. The molecule has 1 aliphatic carbocycles. The van der Waals surface area contributed by atoms with E-state index in [4.69, 9.17) is 13.7 Å². The van der Waals surface area contributed by atoms with E-state index in [1.807, 2.05) is 0 Å². The molecule has 10 nitrogen and oxygen atoms in total. The highest BCUT2D eigenvalue weighted by Gasteiger charge is 2.36. The number of nitrogens with one attached hydrogen (secondary N) is 1. The molecule has 1 rings (SSSR count). The lowest BCUT2D eigenvalue weighted by Crippen LogP contribution is -2.41. The third-order valence-electron chi connectivity index (χ3n) is 5.48.